The standard InChI is InChI=1S/C20H23N5O2/c1-14(2)20(15-8-9-17-18(12-15)27-11-10-26-17)21-13-19-22-23-24-25(19)16-6-4-3-5-7-16/h3-9,12,14,20-21H,10-11,13H2,1-2H3/t20-/m1/s1. The third-order valence-corrected chi connectivity index (χ3v) is 4.61. The third-order valence-electron chi connectivity index (χ3n) is 4.61. The van der Waals surface area contributed by atoms with Crippen molar-refractivity contribution in [1.29, 1.82) is 0 Å². The van der Waals surface area contributed by atoms with Gasteiger partial charge in [0.2, 0.25) is 0 Å². The van der Waals surface area contributed by atoms with Crippen LogP contribution in [0.4, 0.5) is 0 Å². The molecule has 1 atom stereocenters. The van der Waals surface area contributed by atoms with Gasteiger partial charge in [0.25, 0.3) is 0 Å². The van der Waals surface area contributed by atoms with Crippen molar-refractivity contribution in [1.82, 2.24) is 25.5 Å². The number of hydrogen-bond acceptors (Lipinski definition) is 6. The highest BCUT2D eigenvalue weighted by Gasteiger charge is 2.20. The molecule has 140 valence electrons. The lowest BCUT2D eigenvalue weighted by molar-refractivity contribution is 0.171. The Morgan fingerprint density at radius 2 is 1.81 bits per heavy atom. The van der Waals surface area contributed by atoms with Crippen LogP contribution in [-0.4, -0.2) is 33.4 Å². The molecule has 2 aromatic carbocycles. The number of nitrogens with zero attached hydrogens (tertiary/aromatic N) is 4. The highest BCUT2D eigenvalue weighted by Crippen LogP contribution is 2.34. The molecule has 4 rings (SSSR count). The molecule has 1 aliphatic heterocycles. The minimum Gasteiger partial charge on any atom is -0.486 e. The van der Waals surface area contributed by atoms with Gasteiger partial charge in [-0.2, -0.15) is 4.68 Å². The summed E-state index contributed by atoms with van der Waals surface area (Å²) in [6.07, 6.45) is 0. The lowest BCUT2D eigenvalue weighted by Gasteiger charge is -2.25. The van der Waals surface area contributed by atoms with Crippen molar-refractivity contribution in [3.63, 3.8) is 0 Å². The number of fused-ring (bicyclic) bond motifs is 1. The van der Waals surface area contributed by atoms with E-state index >= 15 is 0 Å². The van der Waals surface area contributed by atoms with Gasteiger partial charge in [-0.1, -0.05) is 38.1 Å². The number of aromatic nitrogens is 4. The van der Waals surface area contributed by atoms with Crippen LogP contribution in [0.2, 0.25) is 0 Å². The molecule has 7 nitrogen and oxygen atoms in total. The molecule has 1 N–H and O–H groups in total. The lowest BCUT2D eigenvalue weighted by Crippen LogP contribution is -2.27. The molecule has 0 saturated heterocycles. The summed E-state index contributed by atoms with van der Waals surface area (Å²) >= 11 is 0. The molecule has 0 saturated carbocycles. The summed E-state index contributed by atoms with van der Waals surface area (Å²) < 4.78 is 13.1. The quantitative estimate of drug-likeness (QED) is 0.724. The second-order valence-corrected chi connectivity index (χ2v) is 6.85. The maximum absolute atomic E-state index is 5.73. The summed E-state index contributed by atoms with van der Waals surface area (Å²) in [6.45, 7) is 6.12. The number of hydrogen-bond donors (Lipinski definition) is 1. The zero-order valence-electron chi connectivity index (χ0n) is 15.5. The van der Waals surface area contributed by atoms with Gasteiger partial charge >= 0.3 is 0 Å². The van der Waals surface area contributed by atoms with Crippen molar-refractivity contribution >= 4 is 0 Å². The van der Waals surface area contributed by atoms with Crippen LogP contribution < -0.4 is 14.8 Å². The van der Waals surface area contributed by atoms with E-state index in [2.05, 4.69) is 46.8 Å². The minimum absolute atomic E-state index is 0.141. The van der Waals surface area contributed by atoms with Crippen LogP contribution in [-0.2, 0) is 6.54 Å². The van der Waals surface area contributed by atoms with E-state index in [1.54, 1.807) is 4.68 Å². The normalized spacial score (nSPS) is 14.3. The van der Waals surface area contributed by atoms with E-state index < -0.39 is 0 Å². The van der Waals surface area contributed by atoms with Gasteiger partial charge in [-0.15, -0.1) is 5.10 Å². The third kappa shape index (κ3) is 3.78. The van der Waals surface area contributed by atoms with Crippen molar-refractivity contribution in [3.05, 3.63) is 59.9 Å². The Bertz CT molecular complexity index is 894. The molecule has 1 aromatic heterocycles. The Morgan fingerprint density at radius 3 is 2.59 bits per heavy atom. The maximum Gasteiger partial charge on any atom is 0.170 e. The minimum atomic E-state index is 0.141. The molecule has 1 aliphatic rings. The van der Waals surface area contributed by atoms with E-state index in [-0.39, 0.29) is 6.04 Å². The topological polar surface area (TPSA) is 74.1 Å². The van der Waals surface area contributed by atoms with Crippen LogP contribution >= 0.6 is 0 Å². The SMILES string of the molecule is CC(C)[C@@H](NCc1nnnn1-c1ccccc1)c1ccc2c(c1)OCCO2. The Balaban J connectivity index is 1.53. The van der Waals surface area contributed by atoms with Crippen molar-refractivity contribution in [2.45, 2.75) is 26.4 Å². The molecular formula is C20H23N5O2. The van der Waals surface area contributed by atoms with E-state index in [1.165, 1.54) is 0 Å². The van der Waals surface area contributed by atoms with E-state index in [0.717, 1.165) is 28.6 Å². The molecule has 0 unspecified atom stereocenters. The molecule has 0 spiro atoms. The molecule has 0 radical (unpaired) electrons. The number of ether oxygens (including phenoxy) is 2. The van der Waals surface area contributed by atoms with Crippen LogP contribution in [0.5, 0.6) is 11.5 Å². The summed E-state index contributed by atoms with van der Waals surface area (Å²) in [5, 5.41) is 15.7. The van der Waals surface area contributed by atoms with Crippen LogP contribution in [0.15, 0.2) is 48.5 Å². The largest absolute Gasteiger partial charge is 0.486 e. The average molecular weight is 365 g/mol. The predicted octanol–water partition coefficient (Wildman–Crippen LogP) is 2.92. The Morgan fingerprint density at radius 1 is 1.04 bits per heavy atom. The van der Waals surface area contributed by atoms with E-state index in [0.29, 0.717) is 25.7 Å². The van der Waals surface area contributed by atoms with Crippen LogP contribution in [0.3, 0.4) is 0 Å². The van der Waals surface area contributed by atoms with Gasteiger partial charge in [-0.3, -0.25) is 0 Å². The van der Waals surface area contributed by atoms with Gasteiger partial charge in [0.1, 0.15) is 13.2 Å². The monoisotopic (exact) mass is 365 g/mol. The van der Waals surface area contributed by atoms with Gasteiger partial charge in [-0.25, -0.2) is 0 Å². The Kier molecular flexibility index (Phi) is 5.02. The average Bonchev–Trinajstić information content (AvgIpc) is 3.17. The molecule has 7 heteroatoms. The van der Waals surface area contributed by atoms with Gasteiger partial charge in [0, 0.05) is 6.04 Å². The summed E-state index contributed by atoms with van der Waals surface area (Å²) in [4.78, 5) is 0. The zero-order chi connectivity index (χ0) is 18.6. The number of benzene rings is 2. The number of rotatable bonds is 6. The fraction of sp³-hybridized carbons (Fsp3) is 0.350. The van der Waals surface area contributed by atoms with Crippen molar-refractivity contribution in [2.75, 3.05) is 13.2 Å². The molecule has 3 aromatic rings. The molecular weight excluding hydrogens is 342 g/mol. The van der Waals surface area contributed by atoms with Crippen molar-refractivity contribution < 1.29 is 9.47 Å². The fourth-order valence-electron chi connectivity index (χ4n) is 3.28. The molecule has 0 fully saturated rings. The predicted molar refractivity (Wildman–Crippen MR) is 101 cm³/mol. The highest BCUT2D eigenvalue weighted by atomic mass is 16.6. The summed E-state index contributed by atoms with van der Waals surface area (Å²) in [5.41, 5.74) is 2.10. The Hall–Kier alpha value is -2.93. The molecule has 2 heterocycles. The number of tetrazole rings is 1. The summed E-state index contributed by atoms with van der Waals surface area (Å²) in [6, 6.07) is 16.2. The molecule has 0 aliphatic carbocycles. The summed E-state index contributed by atoms with van der Waals surface area (Å²) in [7, 11) is 0. The molecule has 0 bridgehead atoms. The lowest BCUT2D eigenvalue weighted by atomic mass is 9.95. The smallest absolute Gasteiger partial charge is 0.170 e. The molecule has 0 amide bonds. The van der Waals surface area contributed by atoms with E-state index in [1.807, 2.05) is 36.4 Å². The van der Waals surface area contributed by atoms with Gasteiger partial charge in [-0.05, 0) is 46.2 Å². The van der Waals surface area contributed by atoms with Crippen LogP contribution in [0.1, 0.15) is 31.3 Å². The van der Waals surface area contributed by atoms with E-state index in [9.17, 15) is 0 Å². The first kappa shape index (κ1) is 17.5. The molecule has 27 heavy (non-hydrogen) atoms. The van der Waals surface area contributed by atoms with Crippen molar-refractivity contribution in [3.8, 4) is 17.2 Å². The van der Waals surface area contributed by atoms with E-state index in [4.69, 9.17) is 9.47 Å². The maximum atomic E-state index is 5.73. The van der Waals surface area contributed by atoms with Gasteiger partial charge in [0.15, 0.2) is 17.3 Å². The second kappa shape index (κ2) is 7.75. The van der Waals surface area contributed by atoms with Gasteiger partial charge < -0.3 is 14.8 Å². The fourth-order valence-corrected chi connectivity index (χ4v) is 3.28. The van der Waals surface area contributed by atoms with Gasteiger partial charge in [0.05, 0.1) is 12.2 Å². The first-order chi connectivity index (χ1) is 13.2. The Labute approximate surface area is 158 Å². The highest BCUT2D eigenvalue weighted by molar-refractivity contribution is 5.44. The first-order valence-electron chi connectivity index (χ1n) is 9.18. The first-order valence-corrected chi connectivity index (χ1v) is 9.18. The van der Waals surface area contributed by atoms with Crippen LogP contribution in [0, 0.1) is 5.92 Å². The number of nitrogens with one attached hydrogen (secondary N) is 1. The zero-order valence-corrected chi connectivity index (χ0v) is 15.5. The van der Waals surface area contributed by atoms with Crippen molar-refractivity contribution in [2.24, 2.45) is 5.92 Å². The number of para-hydroxylation sites is 1. The van der Waals surface area contributed by atoms with Crippen LogP contribution in [0.25, 0.3) is 5.69 Å². The summed E-state index contributed by atoms with van der Waals surface area (Å²) in [5.74, 6) is 2.76. The second-order valence-electron chi connectivity index (χ2n) is 6.85.